The highest BCUT2D eigenvalue weighted by molar-refractivity contribution is 7.87. The molecule has 0 radical (unpaired) electrons. The molecule has 3 aliphatic rings. The number of halogens is 1. The highest BCUT2D eigenvalue weighted by Crippen LogP contribution is 2.38. The molecule has 2 atom stereocenters. The van der Waals surface area contributed by atoms with Crippen molar-refractivity contribution in [2.24, 2.45) is 5.41 Å². The second-order valence-electron chi connectivity index (χ2n) is 10.2. The zero-order valence-electron chi connectivity index (χ0n) is 20.3. The third-order valence-corrected chi connectivity index (χ3v) is 9.77. The first-order valence-electron chi connectivity index (χ1n) is 12.4. The van der Waals surface area contributed by atoms with Gasteiger partial charge in [-0.1, -0.05) is 47.2 Å². The van der Waals surface area contributed by atoms with E-state index in [9.17, 15) is 9.00 Å². The molecule has 11 heteroatoms. The SMILES string of the molecule is O=C1CC([S@@](=O)Nc2nnc(CCc3ccc(Cl)cc3)s2)CN1c1ccc(CN2CC3(COC3)C2)cc1. The number of carbonyl (C=O) groups is 1. The van der Waals surface area contributed by atoms with Gasteiger partial charge in [-0.2, -0.15) is 0 Å². The quantitative estimate of drug-likeness (QED) is 0.432. The molecule has 3 fully saturated rings. The topological polar surface area (TPSA) is 87.7 Å². The van der Waals surface area contributed by atoms with Crippen LogP contribution in [0.3, 0.4) is 0 Å². The molecule has 37 heavy (non-hydrogen) atoms. The molecule has 8 nitrogen and oxygen atoms in total. The fraction of sp³-hybridized carbons (Fsp3) is 0.423. The average molecular weight is 558 g/mol. The summed E-state index contributed by atoms with van der Waals surface area (Å²) < 4.78 is 21.3. The predicted octanol–water partition coefficient (Wildman–Crippen LogP) is 3.69. The lowest BCUT2D eigenvalue weighted by molar-refractivity contribution is -0.191. The standard InChI is InChI=1S/C26H28ClN5O3S2/c27-20-6-1-18(2-7-20)5-10-23-28-29-25(36-23)30-37(34)22-11-24(33)32(13-22)21-8-3-19(4-9-21)12-31-14-26(15-31)16-35-17-26/h1-4,6-9,22H,5,10-17H2,(H,29,30)/t22?,37-/m1/s1. The maximum atomic E-state index is 13.0. The van der Waals surface area contributed by atoms with E-state index in [2.05, 4.69) is 32.0 Å². The van der Waals surface area contributed by atoms with Gasteiger partial charge in [0.15, 0.2) is 0 Å². The first kappa shape index (κ1) is 24.9. The summed E-state index contributed by atoms with van der Waals surface area (Å²) in [5.74, 6) is -0.0107. The van der Waals surface area contributed by atoms with Crippen LogP contribution in [-0.2, 0) is 39.9 Å². The Morgan fingerprint density at radius 1 is 1.05 bits per heavy atom. The number of aromatic nitrogens is 2. The minimum absolute atomic E-state index is 0.0107. The van der Waals surface area contributed by atoms with E-state index in [1.54, 1.807) is 4.90 Å². The largest absolute Gasteiger partial charge is 0.380 e. The van der Waals surface area contributed by atoms with Crippen LogP contribution in [0, 0.1) is 5.41 Å². The smallest absolute Gasteiger partial charge is 0.228 e. The third-order valence-electron chi connectivity index (χ3n) is 7.18. The molecule has 0 aliphatic carbocycles. The summed E-state index contributed by atoms with van der Waals surface area (Å²) in [4.78, 5) is 16.9. The van der Waals surface area contributed by atoms with Crippen LogP contribution in [0.25, 0.3) is 0 Å². The fourth-order valence-corrected chi connectivity index (χ4v) is 7.25. The number of ether oxygens (including phenoxy) is 1. The molecule has 4 heterocycles. The number of rotatable bonds is 9. The Morgan fingerprint density at radius 2 is 1.78 bits per heavy atom. The number of hydrogen-bond acceptors (Lipinski definition) is 7. The van der Waals surface area contributed by atoms with Crippen molar-refractivity contribution in [2.75, 3.05) is 42.5 Å². The van der Waals surface area contributed by atoms with E-state index in [-0.39, 0.29) is 17.6 Å². The van der Waals surface area contributed by atoms with Gasteiger partial charge in [-0.3, -0.25) is 14.4 Å². The Balaban J connectivity index is 0.992. The molecule has 1 unspecified atom stereocenters. The zero-order chi connectivity index (χ0) is 25.4. The minimum atomic E-state index is -1.44. The summed E-state index contributed by atoms with van der Waals surface area (Å²) in [6.07, 6.45) is 1.81. The fourth-order valence-electron chi connectivity index (χ4n) is 5.16. The predicted molar refractivity (Wildman–Crippen MR) is 146 cm³/mol. The Kier molecular flexibility index (Phi) is 7.02. The molecule has 2 aromatic carbocycles. The van der Waals surface area contributed by atoms with Gasteiger partial charge in [-0.25, -0.2) is 4.21 Å². The molecule has 6 rings (SSSR count). The van der Waals surface area contributed by atoms with Crippen molar-refractivity contribution in [2.45, 2.75) is 31.1 Å². The second-order valence-corrected chi connectivity index (χ2v) is 13.1. The van der Waals surface area contributed by atoms with Gasteiger partial charge < -0.3 is 9.64 Å². The van der Waals surface area contributed by atoms with Crippen LogP contribution in [0.5, 0.6) is 0 Å². The van der Waals surface area contributed by atoms with Gasteiger partial charge in [0.05, 0.1) is 18.5 Å². The Hall–Kier alpha value is -2.37. The summed E-state index contributed by atoms with van der Waals surface area (Å²) in [5.41, 5.74) is 3.67. The van der Waals surface area contributed by atoms with Gasteiger partial charge in [0.25, 0.3) is 0 Å². The van der Waals surface area contributed by atoms with Gasteiger partial charge >= 0.3 is 0 Å². The van der Waals surface area contributed by atoms with Gasteiger partial charge in [0, 0.05) is 55.1 Å². The molecular weight excluding hydrogens is 530 g/mol. The first-order chi connectivity index (χ1) is 17.9. The third kappa shape index (κ3) is 5.58. The molecule has 1 amide bonds. The molecule has 0 saturated carbocycles. The molecule has 1 aromatic heterocycles. The number of anilines is 2. The summed E-state index contributed by atoms with van der Waals surface area (Å²) in [6.45, 7) is 5.30. The number of carbonyl (C=O) groups excluding carboxylic acids is 1. The number of hydrogen-bond donors (Lipinski definition) is 1. The summed E-state index contributed by atoms with van der Waals surface area (Å²) >= 11 is 7.34. The maximum absolute atomic E-state index is 13.0. The van der Waals surface area contributed by atoms with E-state index in [4.69, 9.17) is 16.3 Å². The normalized spacial score (nSPS) is 21.6. The van der Waals surface area contributed by atoms with Gasteiger partial charge in [0.2, 0.25) is 11.0 Å². The molecule has 0 bridgehead atoms. The van der Waals surface area contributed by atoms with Crippen LogP contribution < -0.4 is 9.62 Å². The van der Waals surface area contributed by atoms with Crippen molar-refractivity contribution in [1.82, 2.24) is 15.1 Å². The van der Waals surface area contributed by atoms with Crippen molar-refractivity contribution in [1.29, 1.82) is 0 Å². The molecule has 3 saturated heterocycles. The van der Waals surface area contributed by atoms with E-state index < -0.39 is 11.0 Å². The van der Waals surface area contributed by atoms with Crippen LogP contribution >= 0.6 is 22.9 Å². The van der Waals surface area contributed by atoms with Gasteiger partial charge in [-0.15, -0.1) is 10.2 Å². The van der Waals surface area contributed by atoms with Crippen molar-refractivity contribution in [3.63, 3.8) is 0 Å². The van der Waals surface area contributed by atoms with E-state index in [1.165, 1.54) is 22.5 Å². The van der Waals surface area contributed by atoms with E-state index in [1.807, 2.05) is 36.4 Å². The van der Waals surface area contributed by atoms with Crippen LogP contribution in [0.1, 0.15) is 22.6 Å². The molecule has 1 N–H and O–H groups in total. The van der Waals surface area contributed by atoms with Crippen LogP contribution in [0.4, 0.5) is 10.8 Å². The van der Waals surface area contributed by atoms with Crippen molar-refractivity contribution >= 4 is 50.6 Å². The van der Waals surface area contributed by atoms with Gasteiger partial charge in [-0.05, 0) is 41.8 Å². The van der Waals surface area contributed by atoms with E-state index in [0.29, 0.717) is 17.1 Å². The lowest BCUT2D eigenvalue weighted by Crippen LogP contribution is -2.65. The molecule has 194 valence electrons. The van der Waals surface area contributed by atoms with Gasteiger partial charge in [0.1, 0.15) is 16.0 Å². The molecule has 3 aromatic rings. The van der Waals surface area contributed by atoms with Crippen LogP contribution in [0.2, 0.25) is 5.02 Å². The first-order valence-corrected chi connectivity index (χ1v) is 14.8. The highest BCUT2D eigenvalue weighted by Gasteiger charge is 2.48. The number of aryl methyl sites for hydroxylation is 2. The van der Waals surface area contributed by atoms with Crippen molar-refractivity contribution in [3.8, 4) is 0 Å². The van der Waals surface area contributed by atoms with Crippen LogP contribution in [-0.4, -0.2) is 63.3 Å². The lowest BCUT2D eigenvalue weighted by Gasteiger charge is -2.55. The Morgan fingerprint density at radius 3 is 2.49 bits per heavy atom. The second kappa shape index (κ2) is 10.4. The zero-order valence-corrected chi connectivity index (χ0v) is 22.7. The molecule has 1 spiro atoms. The van der Waals surface area contributed by atoms with Crippen LogP contribution in [0.15, 0.2) is 48.5 Å². The summed E-state index contributed by atoms with van der Waals surface area (Å²) in [6, 6.07) is 15.9. The van der Waals surface area contributed by atoms with E-state index >= 15 is 0 Å². The number of likely N-dealkylation sites (tertiary alicyclic amines) is 1. The number of amides is 1. The summed E-state index contributed by atoms with van der Waals surface area (Å²) in [7, 11) is -1.44. The highest BCUT2D eigenvalue weighted by atomic mass is 35.5. The monoisotopic (exact) mass is 557 g/mol. The number of nitrogens with zero attached hydrogens (tertiary/aromatic N) is 4. The molecular formula is C26H28ClN5O3S2. The van der Waals surface area contributed by atoms with Crippen molar-refractivity contribution in [3.05, 3.63) is 69.7 Å². The summed E-state index contributed by atoms with van der Waals surface area (Å²) in [5, 5.41) is 10.2. The Labute approximate surface area is 227 Å². The van der Waals surface area contributed by atoms with E-state index in [0.717, 1.165) is 61.4 Å². The van der Waals surface area contributed by atoms with Crippen molar-refractivity contribution < 1.29 is 13.7 Å². The lowest BCUT2D eigenvalue weighted by atomic mass is 9.78. The average Bonchev–Trinajstić information content (AvgIpc) is 3.46. The maximum Gasteiger partial charge on any atom is 0.228 e. The Bertz CT molecular complexity index is 1290. The number of nitrogens with one attached hydrogen (secondary N) is 1. The molecule has 3 aliphatic heterocycles. The minimum Gasteiger partial charge on any atom is -0.380 e. The number of benzene rings is 2.